The average molecular weight is 591 g/mol. The second-order valence-electron chi connectivity index (χ2n) is 8.70. The van der Waals surface area contributed by atoms with Gasteiger partial charge in [0.1, 0.15) is 12.3 Å². The van der Waals surface area contributed by atoms with Crippen LogP contribution in [0.2, 0.25) is 10.0 Å². The Morgan fingerprint density at radius 3 is 2.69 bits per heavy atom. The van der Waals surface area contributed by atoms with Gasteiger partial charge in [0.15, 0.2) is 0 Å². The van der Waals surface area contributed by atoms with Gasteiger partial charge in [0.2, 0.25) is 11.8 Å². The van der Waals surface area contributed by atoms with Crippen LogP contribution in [0.25, 0.3) is 0 Å². The zero-order valence-corrected chi connectivity index (χ0v) is 23.0. The van der Waals surface area contributed by atoms with E-state index in [2.05, 4.69) is 15.6 Å². The van der Waals surface area contributed by atoms with E-state index in [-0.39, 0.29) is 35.0 Å². The van der Waals surface area contributed by atoms with Crippen LogP contribution >= 0.6 is 23.2 Å². The highest BCUT2D eigenvalue weighted by Crippen LogP contribution is 2.29. The third kappa shape index (κ3) is 6.49. The zero-order valence-electron chi connectivity index (χ0n) is 20.7. The van der Waals surface area contributed by atoms with E-state index < -0.39 is 40.2 Å². The van der Waals surface area contributed by atoms with Gasteiger partial charge in [-0.2, -0.15) is 0 Å². The summed E-state index contributed by atoms with van der Waals surface area (Å²) in [6, 6.07) is 11.9. The molecule has 0 bridgehead atoms. The summed E-state index contributed by atoms with van der Waals surface area (Å²) >= 11 is 12.3. The number of nitrogens with one attached hydrogen (secondary N) is 2. The molecule has 0 saturated carbocycles. The molecule has 1 fully saturated rings. The lowest BCUT2D eigenvalue weighted by Crippen LogP contribution is -2.42. The Balaban J connectivity index is 1.61. The number of rotatable bonds is 8. The van der Waals surface area contributed by atoms with Crippen LogP contribution in [0.1, 0.15) is 21.5 Å². The molecule has 0 aliphatic carbocycles. The third-order valence-corrected chi connectivity index (χ3v) is 8.39. The van der Waals surface area contributed by atoms with E-state index in [4.69, 9.17) is 27.9 Å². The maximum absolute atomic E-state index is 13.6. The molecule has 1 unspecified atom stereocenters. The summed E-state index contributed by atoms with van der Waals surface area (Å²) in [6.45, 7) is -0.656. The van der Waals surface area contributed by atoms with Gasteiger partial charge in [0, 0.05) is 30.5 Å². The molecule has 1 aromatic heterocycles. The molecule has 1 atom stereocenters. The van der Waals surface area contributed by atoms with Crippen molar-refractivity contribution >= 4 is 50.9 Å². The van der Waals surface area contributed by atoms with E-state index in [0.29, 0.717) is 20.6 Å². The molecule has 204 valence electrons. The molecule has 2 N–H and O–H groups in total. The molecule has 0 spiro atoms. The molecular formula is C26H24Cl2N4O6S. The molecule has 2 heterocycles. The molecule has 1 aliphatic heterocycles. The van der Waals surface area contributed by atoms with E-state index >= 15 is 0 Å². The van der Waals surface area contributed by atoms with E-state index in [1.165, 1.54) is 19.2 Å². The van der Waals surface area contributed by atoms with Crippen molar-refractivity contribution in [1.29, 1.82) is 0 Å². The highest BCUT2D eigenvalue weighted by molar-refractivity contribution is 7.89. The maximum Gasteiger partial charge on any atom is 0.267 e. The third-order valence-electron chi connectivity index (χ3n) is 6.08. The molecule has 39 heavy (non-hydrogen) atoms. The molecule has 2 aromatic carbocycles. The molecule has 4 rings (SSSR count). The van der Waals surface area contributed by atoms with Gasteiger partial charge in [-0.05, 0) is 60.0 Å². The Labute approximate surface area is 235 Å². The maximum atomic E-state index is 13.6. The van der Waals surface area contributed by atoms with Gasteiger partial charge in [-0.15, -0.1) is 0 Å². The van der Waals surface area contributed by atoms with Gasteiger partial charge < -0.3 is 15.4 Å². The standard InChI is InChI=1S/C26H24Cl2N4O6S/c1-38-23-7-4-19(27)10-17(23)9-18-14-30-24(33)15-32(26(18)35)39(36,37)20-5-6-22(28)21(11-20)25(34)31-13-16-3-2-8-29-12-16/h2-8,10-12,18H,9,13-15H2,1H3,(H,30,33)(H,31,34). The number of pyridine rings is 1. The number of carbonyl (C=O) groups is 3. The summed E-state index contributed by atoms with van der Waals surface area (Å²) < 4.78 is 33.1. The summed E-state index contributed by atoms with van der Waals surface area (Å²) in [5, 5.41) is 5.69. The predicted molar refractivity (Wildman–Crippen MR) is 144 cm³/mol. The lowest BCUT2D eigenvalue weighted by atomic mass is 9.98. The summed E-state index contributed by atoms with van der Waals surface area (Å²) in [5.74, 6) is -2.50. The number of carbonyl (C=O) groups excluding carboxylic acids is 3. The van der Waals surface area contributed by atoms with Crippen molar-refractivity contribution < 1.29 is 27.5 Å². The lowest BCUT2D eigenvalue weighted by Gasteiger charge is -2.23. The minimum absolute atomic E-state index is 0.0171. The molecule has 0 radical (unpaired) electrons. The first-order valence-electron chi connectivity index (χ1n) is 11.7. The van der Waals surface area contributed by atoms with Crippen molar-refractivity contribution in [1.82, 2.24) is 19.9 Å². The minimum Gasteiger partial charge on any atom is -0.496 e. The van der Waals surface area contributed by atoms with Crippen molar-refractivity contribution in [2.45, 2.75) is 17.9 Å². The van der Waals surface area contributed by atoms with E-state index in [9.17, 15) is 22.8 Å². The smallest absolute Gasteiger partial charge is 0.267 e. The molecule has 1 saturated heterocycles. The van der Waals surface area contributed by atoms with Gasteiger partial charge in [-0.3, -0.25) is 19.4 Å². The number of sulfonamides is 1. The highest BCUT2D eigenvalue weighted by atomic mass is 35.5. The fourth-order valence-corrected chi connectivity index (χ4v) is 5.91. The van der Waals surface area contributed by atoms with Crippen LogP contribution in [0.5, 0.6) is 5.75 Å². The summed E-state index contributed by atoms with van der Waals surface area (Å²) in [4.78, 5) is 42.4. The van der Waals surface area contributed by atoms with Gasteiger partial charge in [-0.1, -0.05) is 29.3 Å². The van der Waals surface area contributed by atoms with E-state index in [1.54, 1.807) is 42.7 Å². The Kier molecular flexibility index (Phi) is 8.73. The first-order valence-corrected chi connectivity index (χ1v) is 13.9. The summed E-state index contributed by atoms with van der Waals surface area (Å²) in [6.07, 6.45) is 3.24. The van der Waals surface area contributed by atoms with Gasteiger partial charge >= 0.3 is 0 Å². The second-order valence-corrected chi connectivity index (χ2v) is 11.4. The largest absolute Gasteiger partial charge is 0.496 e. The van der Waals surface area contributed by atoms with Crippen LogP contribution in [0.15, 0.2) is 65.8 Å². The number of amides is 3. The van der Waals surface area contributed by atoms with E-state index in [1.807, 2.05) is 0 Å². The SMILES string of the molecule is COc1ccc(Cl)cc1CC1CNC(=O)CN(S(=O)(=O)c2ccc(Cl)c(C(=O)NCc3cccnc3)c2)C1=O. The lowest BCUT2D eigenvalue weighted by molar-refractivity contribution is -0.131. The zero-order chi connectivity index (χ0) is 28.2. The van der Waals surface area contributed by atoms with E-state index in [0.717, 1.165) is 11.6 Å². The van der Waals surface area contributed by atoms with Crippen LogP contribution < -0.4 is 15.4 Å². The Bertz CT molecular complexity index is 1520. The van der Waals surface area contributed by atoms with Crippen molar-refractivity contribution in [2.24, 2.45) is 5.92 Å². The van der Waals surface area contributed by atoms with Crippen molar-refractivity contribution in [2.75, 3.05) is 20.2 Å². The normalized spacial score (nSPS) is 15.9. The summed E-state index contributed by atoms with van der Waals surface area (Å²) in [7, 11) is -3.08. The molecular weight excluding hydrogens is 567 g/mol. The Hall–Kier alpha value is -3.67. The van der Waals surface area contributed by atoms with Crippen LogP contribution in [0.3, 0.4) is 0 Å². The molecule has 1 aliphatic rings. The topological polar surface area (TPSA) is 135 Å². The molecule has 13 heteroatoms. The second kappa shape index (κ2) is 12.0. The number of hydrogen-bond acceptors (Lipinski definition) is 7. The molecule has 3 aromatic rings. The van der Waals surface area contributed by atoms with Crippen LogP contribution in [0.4, 0.5) is 0 Å². The predicted octanol–water partition coefficient (Wildman–Crippen LogP) is 2.83. The van der Waals surface area contributed by atoms with Crippen LogP contribution in [0, 0.1) is 5.92 Å². The fraction of sp³-hybridized carbons (Fsp3) is 0.231. The van der Waals surface area contributed by atoms with Crippen molar-refractivity contribution in [3.8, 4) is 5.75 Å². The Morgan fingerprint density at radius 1 is 1.18 bits per heavy atom. The highest BCUT2D eigenvalue weighted by Gasteiger charge is 2.38. The molecule has 3 amide bonds. The minimum atomic E-state index is -4.54. The number of ether oxygens (including phenoxy) is 1. The number of methoxy groups -OCH3 is 1. The number of hydrogen-bond donors (Lipinski definition) is 2. The van der Waals surface area contributed by atoms with Crippen LogP contribution in [-0.4, -0.2) is 55.6 Å². The van der Waals surface area contributed by atoms with Crippen molar-refractivity contribution in [3.05, 3.63) is 87.7 Å². The van der Waals surface area contributed by atoms with Gasteiger partial charge in [0.05, 0.1) is 28.5 Å². The van der Waals surface area contributed by atoms with Gasteiger partial charge in [-0.25, -0.2) is 12.7 Å². The first kappa shape index (κ1) is 28.3. The number of halogens is 2. The number of aromatic nitrogens is 1. The summed E-state index contributed by atoms with van der Waals surface area (Å²) in [5.41, 5.74) is 1.21. The number of nitrogens with zero attached hydrogens (tertiary/aromatic N) is 2. The Morgan fingerprint density at radius 2 is 1.97 bits per heavy atom. The fourth-order valence-electron chi connectivity index (χ4n) is 4.07. The first-order chi connectivity index (χ1) is 18.6. The van der Waals surface area contributed by atoms with Crippen molar-refractivity contribution in [3.63, 3.8) is 0 Å². The average Bonchev–Trinajstić information content (AvgIpc) is 3.06. The van der Waals surface area contributed by atoms with Gasteiger partial charge in [0.25, 0.3) is 15.9 Å². The molecule has 10 nitrogen and oxygen atoms in total. The number of benzene rings is 2. The monoisotopic (exact) mass is 590 g/mol. The van der Waals surface area contributed by atoms with Crippen LogP contribution in [-0.2, 0) is 32.6 Å². The quantitative estimate of drug-likeness (QED) is 0.412.